The van der Waals surface area contributed by atoms with Gasteiger partial charge in [0, 0.05) is 12.2 Å². The number of hydrogen-bond acceptors (Lipinski definition) is 4. The molecule has 0 aliphatic carbocycles. The Morgan fingerprint density at radius 2 is 1.87 bits per heavy atom. The molecule has 126 valence electrons. The zero-order chi connectivity index (χ0) is 17.3. The summed E-state index contributed by atoms with van der Waals surface area (Å²) in [7, 11) is -3.80. The first-order chi connectivity index (χ1) is 10.6. The molecule has 2 N–H and O–H groups in total. The third-order valence-electron chi connectivity index (χ3n) is 3.02. The van der Waals surface area contributed by atoms with E-state index in [1.165, 1.54) is 24.3 Å². The third kappa shape index (κ3) is 4.42. The first-order valence-corrected chi connectivity index (χ1v) is 7.80. The molecule has 0 radical (unpaired) electrons. The van der Waals surface area contributed by atoms with Crippen molar-refractivity contribution in [1.29, 1.82) is 0 Å². The summed E-state index contributed by atoms with van der Waals surface area (Å²) in [5.74, 6) is -2.69. The Balaban J connectivity index is 1.93. The summed E-state index contributed by atoms with van der Waals surface area (Å²) in [6.07, 6.45) is -4.70. The van der Waals surface area contributed by atoms with E-state index in [1.54, 1.807) is 5.32 Å². The van der Waals surface area contributed by atoms with Gasteiger partial charge in [-0.15, -0.1) is 0 Å². The Morgan fingerprint density at radius 3 is 2.35 bits per heavy atom. The minimum Gasteiger partial charge on any atom is -0.318 e. The van der Waals surface area contributed by atoms with Gasteiger partial charge >= 0.3 is 22.3 Å². The second-order valence-electron chi connectivity index (χ2n) is 4.76. The first-order valence-electron chi connectivity index (χ1n) is 6.36. The highest BCUT2D eigenvalue weighted by Gasteiger charge is 2.38. The lowest BCUT2D eigenvalue weighted by Crippen LogP contribution is -2.31. The van der Waals surface area contributed by atoms with Crippen LogP contribution in [0.15, 0.2) is 24.3 Å². The minimum absolute atomic E-state index is 0.0262. The molecule has 0 spiro atoms. The van der Waals surface area contributed by atoms with E-state index >= 15 is 0 Å². The minimum atomic E-state index is -4.97. The molecular formula is C12H12F3N3O4S. The average Bonchev–Trinajstić information content (AvgIpc) is 2.69. The van der Waals surface area contributed by atoms with Crippen LogP contribution in [0.2, 0.25) is 0 Å². The number of halogens is 3. The van der Waals surface area contributed by atoms with Crippen molar-refractivity contribution >= 4 is 27.7 Å². The number of alkyl halides is 3. The number of amides is 2. The van der Waals surface area contributed by atoms with E-state index in [1.807, 2.05) is 4.72 Å². The van der Waals surface area contributed by atoms with Crippen molar-refractivity contribution in [2.45, 2.75) is 12.6 Å². The van der Waals surface area contributed by atoms with Crippen molar-refractivity contribution < 1.29 is 31.2 Å². The lowest BCUT2D eigenvalue weighted by Gasteiger charge is -2.12. The van der Waals surface area contributed by atoms with Crippen LogP contribution in [-0.4, -0.2) is 43.8 Å². The van der Waals surface area contributed by atoms with Crippen LogP contribution < -0.4 is 10.0 Å². The normalized spacial score (nSPS) is 17.8. The predicted octanol–water partition coefficient (Wildman–Crippen LogP) is 0.406. The molecular weight excluding hydrogens is 339 g/mol. The Labute approximate surface area is 129 Å². The number of carbonyl (C=O) groups is 2. The van der Waals surface area contributed by atoms with Gasteiger partial charge in [0.1, 0.15) is 0 Å². The summed E-state index contributed by atoms with van der Waals surface area (Å²) in [5, 5.41) is 1.70. The van der Waals surface area contributed by atoms with Gasteiger partial charge < -0.3 is 5.32 Å². The number of benzene rings is 1. The molecule has 1 heterocycles. The number of nitrogens with zero attached hydrogens (tertiary/aromatic N) is 1. The molecule has 1 aromatic rings. The van der Waals surface area contributed by atoms with Crippen LogP contribution in [-0.2, 0) is 26.2 Å². The third-order valence-corrected chi connectivity index (χ3v) is 4.50. The SMILES string of the molecule is O=C1CN(CCc2ccc(NC(=O)C(F)(F)F)cc2)S(=O)(=O)N1. The summed E-state index contributed by atoms with van der Waals surface area (Å²) in [4.78, 5) is 21.8. The maximum absolute atomic E-state index is 12.1. The number of nitrogens with one attached hydrogen (secondary N) is 2. The molecule has 1 fully saturated rings. The largest absolute Gasteiger partial charge is 0.471 e. The summed E-state index contributed by atoms with van der Waals surface area (Å²) in [6.45, 7) is -0.211. The van der Waals surface area contributed by atoms with Gasteiger partial charge in [-0.05, 0) is 24.1 Å². The molecule has 0 bridgehead atoms. The van der Waals surface area contributed by atoms with Gasteiger partial charge in [0.05, 0.1) is 6.54 Å². The van der Waals surface area contributed by atoms with Crippen LogP contribution in [0.3, 0.4) is 0 Å². The first kappa shape index (κ1) is 17.2. The smallest absolute Gasteiger partial charge is 0.318 e. The molecule has 1 aliphatic rings. The zero-order valence-corrected chi connectivity index (χ0v) is 12.4. The van der Waals surface area contributed by atoms with Crippen LogP contribution in [0.1, 0.15) is 5.56 Å². The summed E-state index contributed by atoms with van der Waals surface area (Å²) in [6, 6.07) is 5.48. The second-order valence-corrected chi connectivity index (χ2v) is 6.43. The van der Waals surface area contributed by atoms with Crippen molar-refractivity contribution in [2.24, 2.45) is 0 Å². The molecule has 11 heteroatoms. The fourth-order valence-electron chi connectivity index (χ4n) is 1.90. The number of rotatable bonds is 4. The fraction of sp³-hybridized carbons (Fsp3) is 0.333. The number of hydrogen-bond donors (Lipinski definition) is 2. The molecule has 1 saturated heterocycles. The monoisotopic (exact) mass is 351 g/mol. The molecule has 1 aromatic carbocycles. The van der Waals surface area contributed by atoms with Gasteiger partial charge in [0.15, 0.2) is 0 Å². The van der Waals surface area contributed by atoms with Crippen molar-refractivity contribution in [3.8, 4) is 0 Å². The van der Waals surface area contributed by atoms with Crippen LogP contribution in [0.4, 0.5) is 18.9 Å². The van der Waals surface area contributed by atoms with Crippen LogP contribution in [0, 0.1) is 0 Å². The Bertz CT molecular complexity index is 716. The molecule has 1 aliphatic heterocycles. The van der Waals surface area contributed by atoms with E-state index in [9.17, 15) is 31.2 Å². The summed E-state index contributed by atoms with van der Waals surface area (Å²) >= 11 is 0. The molecule has 0 unspecified atom stereocenters. The highest BCUT2D eigenvalue weighted by molar-refractivity contribution is 7.88. The van der Waals surface area contributed by atoms with Crippen LogP contribution in [0.5, 0.6) is 0 Å². The average molecular weight is 351 g/mol. The van der Waals surface area contributed by atoms with Crippen LogP contribution in [0.25, 0.3) is 0 Å². The van der Waals surface area contributed by atoms with E-state index in [2.05, 4.69) is 0 Å². The van der Waals surface area contributed by atoms with E-state index < -0.39 is 28.2 Å². The summed E-state index contributed by atoms with van der Waals surface area (Å²) < 4.78 is 62.1. The maximum atomic E-state index is 12.1. The summed E-state index contributed by atoms with van der Waals surface area (Å²) in [5.41, 5.74) is 0.617. The van der Waals surface area contributed by atoms with Crippen molar-refractivity contribution in [1.82, 2.24) is 9.03 Å². The highest BCUT2D eigenvalue weighted by Crippen LogP contribution is 2.19. The van der Waals surface area contributed by atoms with Crippen LogP contribution >= 0.6 is 0 Å². The van der Waals surface area contributed by atoms with Gasteiger partial charge in [-0.3, -0.25) is 9.59 Å². The van der Waals surface area contributed by atoms with E-state index in [0.717, 1.165) is 4.31 Å². The molecule has 7 nitrogen and oxygen atoms in total. The molecule has 23 heavy (non-hydrogen) atoms. The zero-order valence-electron chi connectivity index (χ0n) is 11.6. The lowest BCUT2D eigenvalue weighted by atomic mass is 10.1. The van der Waals surface area contributed by atoms with E-state index in [4.69, 9.17) is 0 Å². The highest BCUT2D eigenvalue weighted by atomic mass is 32.2. The topological polar surface area (TPSA) is 95.6 Å². The Morgan fingerprint density at radius 1 is 1.26 bits per heavy atom. The molecule has 0 atom stereocenters. The maximum Gasteiger partial charge on any atom is 0.471 e. The Hall–Kier alpha value is -2.14. The van der Waals surface area contributed by atoms with Crippen molar-refractivity contribution in [3.63, 3.8) is 0 Å². The van der Waals surface area contributed by atoms with Gasteiger partial charge in [-0.1, -0.05) is 12.1 Å². The quantitative estimate of drug-likeness (QED) is 0.821. The fourth-order valence-corrected chi connectivity index (χ4v) is 3.00. The second kappa shape index (κ2) is 6.16. The standard InChI is InChI=1S/C12H12F3N3O4S/c13-12(14,15)11(20)16-9-3-1-8(2-4-9)5-6-18-7-10(19)17-23(18,21)22/h1-4H,5-7H2,(H,16,20)(H,17,19). The van der Waals surface area contributed by atoms with Crippen molar-refractivity contribution in [3.05, 3.63) is 29.8 Å². The number of carbonyl (C=O) groups excluding carboxylic acids is 2. The van der Waals surface area contributed by atoms with Crippen molar-refractivity contribution in [2.75, 3.05) is 18.4 Å². The van der Waals surface area contributed by atoms with Gasteiger partial charge in [-0.25, -0.2) is 4.72 Å². The van der Waals surface area contributed by atoms with E-state index in [-0.39, 0.29) is 25.2 Å². The van der Waals surface area contributed by atoms with Gasteiger partial charge in [-0.2, -0.15) is 25.9 Å². The molecule has 2 amide bonds. The molecule has 2 rings (SSSR count). The molecule has 0 saturated carbocycles. The van der Waals surface area contributed by atoms with Gasteiger partial charge in [0.2, 0.25) is 5.91 Å². The number of anilines is 1. The van der Waals surface area contributed by atoms with E-state index in [0.29, 0.717) is 5.56 Å². The van der Waals surface area contributed by atoms with Gasteiger partial charge in [0.25, 0.3) is 0 Å². The molecule has 0 aromatic heterocycles. The lowest BCUT2D eigenvalue weighted by molar-refractivity contribution is -0.167. The Kier molecular flexibility index (Phi) is 4.61. The predicted molar refractivity (Wildman–Crippen MR) is 73.5 cm³/mol.